The number of carbonyl (C=O) groups excluding carboxylic acids is 2. The molecular formula is C15H19N3O2. The number of nitrogens with zero attached hydrogens (tertiary/aromatic N) is 1. The van der Waals surface area contributed by atoms with E-state index < -0.39 is 11.6 Å². The Balaban J connectivity index is 2.71. The van der Waals surface area contributed by atoms with Crippen LogP contribution in [0.2, 0.25) is 0 Å². The Morgan fingerprint density at radius 3 is 2.15 bits per heavy atom. The van der Waals surface area contributed by atoms with Crippen molar-refractivity contribution in [2.75, 3.05) is 5.32 Å². The number of ketones is 1. The Labute approximate surface area is 119 Å². The summed E-state index contributed by atoms with van der Waals surface area (Å²) in [6, 6.07) is 8.32. The van der Waals surface area contributed by atoms with Crippen LogP contribution in [0.25, 0.3) is 0 Å². The predicted molar refractivity (Wildman–Crippen MR) is 77.5 cm³/mol. The van der Waals surface area contributed by atoms with E-state index in [-0.39, 0.29) is 5.78 Å². The van der Waals surface area contributed by atoms with Crippen molar-refractivity contribution in [3.05, 3.63) is 29.8 Å². The number of hydrogen-bond acceptors (Lipinski definition) is 3. The van der Waals surface area contributed by atoms with Gasteiger partial charge in [-0.3, -0.25) is 4.79 Å². The van der Waals surface area contributed by atoms with Crippen LogP contribution >= 0.6 is 0 Å². The second-order valence-corrected chi connectivity index (χ2v) is 4.61. The van der Waals surface area contributed by atoms with E-state index in [1.165, 1.54) is 6.92 Å². The Kier molecular flexibility index (Phi) is 5.27. The van der Waals surface area contributed by atoms with Gasteiger partial charge in [0.25, 0.3) is 0 Å². The molecule has 0 aliphatic carbocycles. The molecule has 1 rings (SSSR count). The van der Waals surface area contributed by atoms with Crippen LogP contribution in [0, 0.1) is 11.3 Å². The largest absolute Gasteiger partial charge is 0.320 e. The van der Waals surface area contributed by atoms with Crippen molar-refractivity contribution in [1.29, 1.82) is 5.26 Å². The highest BCUT2D eigenvalue weighted by atomic mass is 16.2. The van der Waals surface area contributed by atoms with E-state index in [0.29, 0.717) is 24.1 Å². The summed E-state index contributed by atoms with van der Waals surface area (Å²) in [7, 11) is 0. The molecular weight excluding hydrogens is 254 g/mol. The summed E-state index contributed by atoms with van der Waals surface area (Å²) in [6.07, 6.45) is 1.08. The molecule has 0 heterocycles. The fourth-order valence-corrected chi connectivity index (χ4v) is 1.78. The number of rotatable bonds is 5. The molecule has 2 amide bonds. The zero-order valence-corrected chi connectivity index (χ0v) is 12.0. The number of carbonyl (C=O) groups is 2. The molecule has 0 saturated carbocycles. The summed E-state index contributed by atoms with van der Waals surface area (Å²) in [4.78, 5) is 23.0. The number of nitrogens with one attached hydrogen (secondary N) is 2. The van der Waals surface area contributed by atoms with Crippen LogP contribution in [0.15, 0.2) is 24.3 Å². The van der Waals surface area contributed by atoms with Crippen LogP contribution in [0.3, 0.4) is 0 Å². The molecule has 1 aromatic rings. The SMILES string of the molecule is CCC(C#N)(CC)NC(=O)Nc1ccc(C(C)=O)cc1. The molecule has 2 N–H and O–H groups in total. The minimum absolute atomic E-state index is 0.0264. The first kappa shape index (κ1) is 15.7. The van der Waals surface area contributed by atoms with Crippen molar-refractivity contribution in [2.45, 2.75) is 39.2 Å². The molecule has 0 atom stereocenters. The first-order valence-electron chi connectivity index (χ1n) is 6.57. The minimum Gasteiger partial charge on any atom is -0.319 e. The van der Waals surface area contributed by atoms with Gasteiger partial charge in [-0.15, -0.1) is 0 Å². The standard InChI is InChI=1S/C15H19N3O2/c1-4-15(5-2,10-16)18-14(20)17-13-8-6-12(7-9-13)11(3)19/h6-9H,4-5H2,1-3H3,(H2,17,18,20). The molecule has 5 heteroatoms. The zero-order chi connectivity index (χ0) is 15.2. The van der Waals surface area contributed by atoms with Gasteiger partial charge in [-0.1, -0.05) is 13.8 Å². The van der Waals surface area contributed by atoms with Gasteiger partial charge in [-0.2, -0.15) is 5.26 Å². The van der Waals surface area contributed by atoms with Crippen LogP contribution < -0.4 is 10.6 Å². The Morgan fingerprint density at radius 1 is 1.20 bits per heavy atom. The van der Waals surface area contributed by atoms with Crippen LogP contribution in [0.1, 0.15) is 44.0 Å². The molecule has 0 unspecified atom stereocenters. The molecule has 0 aromatic heterocycles. The predicted octanol–water partition coefficient (Wildman–Crippen LogP) is 3.09. The highest BCUT2D eigenvalue weighted by Crippen LogP contribution is 2.15. The molecule has 1 aromatic carbocycles. The summed E-state index contributed by atoms with van der Waals surface area (Å²) in [6.45, 7) is 5.20. The molecule has 0 bridgehead atoms. The number of urea groups is 1. The molecule has 20 heavy (non-hydrogen) atoms. The average Bonchev–Trinajstić information content (AvgIpc) is 2.45. The molecule has 0 spiro atoms. The third-order valence-corrected chi connectivity index (χ3v) is 3.32. The molecule has 0 saturated heterocycles. The van der Waals surface area contributed by atoms with E-state index >= 15 is 0 Å². The summed E-state index contributed by atoms with van der Waals surface area (Å²) >= 11 is 0. The normalized spacial score (nSPS) is 10.5. The number of anilines is 1. The van der Waals surface area contributed by atoms with Crippen molar-refractivity contribution < 1.29 is 9.59 Å². The average molecular weight is 273 g/mol. The van der Waals surface area contributed by atoms with E-state index in [1.54, 1.807) is 24.3 Å². The fourth-order valence-electron chi connectivity index (χ4n) is 1.78. The van der Waals surface area contributed by atoms with Crippen molar-refractivity contribution in [2.24, 2.45) is 0 Å². The number of Topliss-reactive ketones (excluding diaryl/α,β-unsaturated/α-hetero) is 1. The van der Waals surface area contributed by atoms with Gasteiger partial charge in [-0.25, -0.2) is 4.79 Å². The molecule has 106 valence electrons. The molecule has 5 nitrogen and oxygen atoms in total. The van der Waals surface area contributed by atoms with E-state index in [9.17, 15) is 9.59 Å². The number of nitriles is 1. The van der Waals surface area contributed by atoms with E-state index in [1.807, 2.05) is 13.8 Å². The maximum atomic E-state index is 11.9. The van der Waals surface area contributed by atoms with Crippen molar-refractivity contribution >= 4 is 17.5 Å². The maximum Gasteiger partial charge on any atom is 0.320 e. The summed E-state index contributed by atoms with van der Waals surface area (Å²) in [5.41, 5.74) is 0.319. The van der Waals surface area contributed by atoms with Crippen LogP contribution in [0.4, 0.5) is 10.5 Å². The number of amides is 2. The smallest absolute Gasteiger partial charge is 0.319 e. The second-order valence-electron chi connectivity index (χ2n) is 4.61. The molecule has 0 aliphatic rings. The van der Waals surface area contributed by atoms with Gasteiger partial charge in [0, 0.05) is 11.3 Å². The lowest BCUT2D eigenvalue weighted by Crippen LogP contribution is -2.48. The molecule has 0 aliphatic heterocycles. The quantitative estimate of drug-likeness (QED) is 0.809. The molecule has 0 radical (unpaired) electrons. The summed E-state index contributed by atoms with van der Waals surface area (Å²) in [5.74, 6) is -0.0264. The van der Waals surface area contributed by atoms with E-state index in [0.717, 1.165) is 0 Å². The van der Waals surface area contributed by atoms with Crippen LogP contribution in [-0.2, 0) is 0 Å². The lowest BCUT2D eigenvalue weighted by atomic mass is 9.95. The summed E-state index contributed by atoms with van der Waals surface area (Å²) in [5, 5.41) is 14.5. The van der Waals surface area contributed by atoms with Crippen molar-refractivity contribution in [1.82, 2.24) is 5.32 Å². The van der Waals surface area contributed by atoms with Crippen molar-refractivity contribution in [3.8, 4) is 6.07 Å². The van der Waals surface area contributed by atoms with Crippen LogP contribution in [0.5, 0.6) is 0 Å². The van der Waals surface area contributed by atoms with Gasteiger partial charge >= 0.3 is 6.03 Å². The fraction of sp³-hybridized carbons (Fsp3) is 0.400. The highest BCUT2D eigenvalue weighted by molar-refractivity contribution is 5.95. The Morgan fingerprint density at radius 2 is 1.75 bits per heavy atom. The van der Waals surface area contributed by atoms with Gasteiger partial charge in [-0.05, 0) is 44.0 Å². The first-order valence-corrected chi connectivity index (χ1v) is 6.57. The van der Waals surface area contributed by atoms with E-state index in [4.69, 9.17) is 5.26 Å². The lowest BCUT2D eigenvalue weighted by Gasteiger charge is -2.24. The zero-order valence-electron chi connectivity index (χ0n) is 12.0. The van der Waals surface area contributed by atoms with Crippen LogP contribution in [-0.4, -0.2) is 17.4 Å². The summed E-state index contributed by atoms with van der Waals surface area (Å²) < 4.78 is 0. The highest BCUT2D eigenvalue weighted by Gasteiger charge is 2.27. The third-order valence-electron chi connectivity index (χ3n) is 3.32. The monoisotopic (exact) mass is 273 g/mol. The molecule has 0 fully saturated rings. The van der Waals surface area contributed by atoms with Gasteiger partial charge in [0.05, 0.1) is 6.07 Å². The first-order chi connectivity index (χ1) is 9.46. The van der Waals surface area contributed by atoms with Gasteiger partial charge in [0.1, 0.15) is 5.54 Å². The maximum absolute atomic E-state index is 11.9. The Hall–Kier alpha value is -2.35. The minimum atomic E-state index is -0.844. The topological polar surface area (TPSA) is 82.0 Å². The Bertz CT molecular complexity index is 525. The van der Waals surface area contributed by atoms with Crippen molar-refractivity contribution in [3.63, 3.8) is 0 Å². The third kappa shape index (κ3) is 3.82. The second kappa shape index (κ2) is 6.71. The number of benzene rings is 1. The number of hydrogen-bond donors (Lipinski definition) is 2. The van der Waals surface area contributed by atoms with Gasteiger partial charge in [0.2, 0.25) is 0 Å². The van der Waals surface area contributed by atoms with Gasteiger partial charge < -0.3 is 10.6 Å². The lowest BCUT2D eigenvalue weighted by molar-refractivity contribution is 0.101. The van der Waals surface area contributed by atoms with E-state index in [2.05, 4.69) is 16.7 Å². The van der Waals surface area contributed by atoms with Gasteiger partial charge in [0.15, 0.2) is 5.78 Å².